The molecular formula is C14H15NO3. The third-order valence-corrected chi connectivity index (χ3v) is 3.55. The Hall–Kier alpha value is -1.84. The van der Waals surface area contributed by atoms with Gasteiger partial charge in [0.1, 0.15) is 6.61 Å². The van der Waals surface area contributed by atoms with Crippen molar-refractivity contribution in [2.24, 2.45) is 5.92 Å². The minimum Gasteiger partial charge on any atom is -0.447 e. The summed E-state index contributed by atoms with van der Waals surface area (Å²) < 4.78 is 4.84. The lowest BCUT2D eigenvalue weighted by molar-refractivity contribution is -0.129. The molecule has 2 fully saturated rings. The highest BCUT2D eigenvalue weighted by Gasteiger charge is 2.42. The van der Waals surface area contributed by atoms with Crippen LogP contribution in [0.2, 0.25) is 0 Å². The number of ether oxygens (including phenoxy) is 1. The number of hydrogen-bond acceptors (Lipinski definition) is 3. The number of cyclic esters (lactones) is 1. The number of imide groups is 1. The van der Waals surface area contributed by atoms with Gasteiger partial charge in [-0.1, -0.05) is 30.3 Å². The molecule has 0 aromatic heterocycles. The first kappa shape index (κ1) is 11.3. The van der Waals surface area contributed by atoms with E-state index in [-0.39, 0.29) is 11.8 Å². The van der Waals surface area contributed by atoms with Crippen LogP contribution in [0.15, 0.2) is 30.3 Å². The van der Waals surface area contributed by atoms with E-state index < -0.39 is 6.09 Å². The van der Waals surface area contributed by atoms with Crippen LogP contribution in [0.3, 0.4) is 0 Å². The summed E-state index contributed by atoms with van der Waals surface area (Å²) in [6.45, 7) is 0.699. The second kappa shape index (κ2) is 4.44. The van der Waals surface area contributed by atoms with Crippen molar-refractivity contribution in [2.45, 2.75) is 18.8 Å². The SMILES string of the molecule is O=C1OCCN1C(=O)[C@@H](c1ccccc1)C1CC1. The maximum absolute atomic E-state index is 12.5. The van der Waals surface area contributed by atoms with Gasteiger partial charge in [-0.3, -0.25) is 4.79 Å². The van der Waals surface area contributed by atoms with Crippen molar-refractivity contribution in [1.82, 2.24) is 4.90 Å². The predicted octanol–water partition coefficient (Wildman–Crippen LogP) is 2.16. The van der Waals surface area contributed by atoms with E-state index in [0.717, 1.165) is 18.4 Å². The first-order valence-electron chi connectivity index (χ1n) is 6.30. The number of benzene rings is 1. The maximum Gasteiger partial charge on any atom is 0.416 e. The Bertz CT molecular complexity index is 467. The minimum absolute atomic E-state index is 0.105. The molecule has 3 rings (SSSR count). The van der Waals surface area contributed by atoms with Crippen LogP contribution < -0.4 is 0 Å². The van der Waals surface area contributed by atoms with E-state index in [1.54, 1.807) is 0 Å². The molecule has 18 heavy (non-hydrogen) atoms. The Kier molecular flexibility index (Phi) is 2.78. The fourth-order valence-corrected chi connectivity index (χ4v) is 2.47. The molecule has 0 unspecified atom stereocenters. The summed E-state index contributed by atoms with van der Waals surface area (Å²) >= 11 is 0. The average molecular weight is 245 g/mol. The zero-order valence-corrected chi connectivity index (χ0v) is 10.0. The highest BCUT2D eigenvalue weighted by molar-refractivity contribution is 5.97. The van der Waals surface area contributed by atoms with Crippen LogP contribution >= 0.6 is 0 Å². The van der Waals surface area contributed by atoms with Crippen LogP contribution in [0.25, 0.3) is 0 Å². The monoisotopic (exact) mass is 245 g/mol. The molecule has 0 radical (unpaired) electrons. The van der Waals surface area contributed by atoms with E-state index in [1.807, 2.05) is 30.3 Å². The average Bonchev–Trinajstić information content (AvgIpc) is 3.12. The zero-order valence-electron chi connectivity index (χ0n) is 10.0. The van der Waals surface area contributed by atoms with Gasteiger partial charge in [-0.2, -0.15) is 0 Å². The second-order valence-electron chi connectivity index (χ2n) is 4.83. The zero-order chi connectivity index (χ0) is 12.5. The fraction of sp³-hybridized carbons (Fsp3) is 0.429. The van der Waals surface area contributed by atoms with Crippen molar-refractivity contribution in [1.29, 1.82) is 0 Å². The van der Waals surface area contributed by atoms with Crippen LogP contribution in [0.4, 0.5) is 4.79 Å². The molecule has 1 heterocycles. The lowest BCUT2D eigenvalue weighted by atomic mass is 9.93. The molecule has 1 aliphatic heterocycles. The van der Waals surface area contributed by atoms with Gasteiger partial charge in [-0.15, -0.1) is 0 Å². The van der Waals surface area contributed by atoms with E-state index in [2.05, 4.69) is 0 Å². The molecule has 1 atom stereocenters. The van der Waals surface area contributed by atoms with Crippen LogP contribution in [0.1, 0.15) is 24.3 Å². The van der Waals surface area contributed by atoms with E-state index in [9.17, 15) is 9.59 Å². The van der Waals surface area contributed by atoms with E-state index >= 15 is 0 Å². The molecule has 1 saturated carbocycles. The molecule has 1 saturated heterocycles. The van der Waals surface area contributed by atoms with Gasteiger partial charge in [0.15, 0.2) is 0 Å². The van der Waals surface area contributed by atoms with Gasteiger partial charge < -0.3 is 4.74 Å². The van der Waals surface area contributed by atoms with Crippen molar-refractivity contribution in [2.75, 3.05) is 13.2 Å². The standard InChI is InChI=1S/C14H15NO3/c16-13(15-8-9-18-14(15)17)12(11-6-7-11)10-4-2-1-3-5-10/h1-5,11-12H,6-9H2/t12-/m0/s1. The molecule has 1 aromatic rings. The van der Waals surface area contributed by atoms with Crippen molar-refractivity contribution >= 4 is 12.0 Å². The number of rotatable bonds is 3. The van der Waals surface area contributed by atoms with Crippen molar-refractivity contribution in [3.05, 3.63) is 35.9 Å². The van der Waals surface area contributed by atoms with Gasteiger partial charge >= 0.3 is 6.09 Å². The number of carbonyl (C=O) groups excluding carboxylic acids is 2. The van der Waals surface area contributed by atoms with E-state index in [4.69, 9.17) is 4.74 Å². The highest BCUT2D eigenvalue weighted by Crippen LogP contribution is 2.43. The Balaban J connectivity index is 1.86. The Morgan fingerprint density at radius 1 is 1.28 bits per heavy atom. The largest absolute Gasteiger partial charge is 0.447 e. The van der Waals surface area contributed by atoms with Gasteiger partial charge in [-0.25, -0.2) is 9.69 Å². The molecule has 0 N–H and O–H groups in total. The van der Waals surface area contributed by atoms with Gasteiger partial charge in [0.2, 0.25) is 5.91 Å². The topological polar surface area (TPSA) is 46.6 Å². The number of nitrogens with zero attached hydrogens (tertiary/aromatic N) is 1. The molecule has 1 aliphatic carbocycles. The fourth-order valence-electron chi connectivity index (χ4n) is 2.47. The number of carbonyl (C=O) groups is 2. The third-order valence-electron chi connectivity index (χ3n) is 3.55. The highest BCUT2D eigenvalue weighted by atomic mass is 16.6. The molecule has 94 valence electrons. The van der Waals surface area contributed by atoms with Crippen molar-refractivity contribution in [3.63, 3.8) is 0 Å². The summed E-state index contributed by atoms with van der Waals surface area (Å²) in [5.41, 5.74) is 1.00. The summed E-state index contributed by atoms with van der Waals surface area (Å²) in [6, 6.07) is 9.72. The quantitative estimate of drug-likeness (QED) is 0.819. The van der Waals surface area contributed by atoms with E-state index in [1.165, 1.54) is 4.90 Å². The van der Waals surface area contributed by atoms with Crippen LogP contribution in [0, 0.1) is 5.92 Å². The molecule has 0 bridgehead atoms. The molecule has 0 spiro atoms. The smallest absolute Gasteiger partial charge is 0.416 e. The van der Waals surface area contributed by atoms with Gasteiger partial charge in [0.25, 0.3) is 0 Å². The lowest BCUT2D eigenvalue weighted by Gasteiger charge is -2.20. The lowest BCUT2D eigenvalue weighted by Crippen LogP contribution is -2.36. The van der Waals surface area contributed by atoms with Gasteiger partial charge in [0.05, 0.1) is 12.5 Å². The maximum atomic E-state index is 12.5. The van der Waals surface area contributed by atoms with E-state index in [0.29, 0.717) is 19.1 Å². The normalized spacial score (nSPS) is 20.7. The summed E-state index contributed by atoms with van der Waals surface area (Å²) in [5, 5.41) is 0. The van der Waals surface area contributed by atoms with Crippen molar-refractivity contribution in [3.8, 4) is 0 Å². The van der Waals surface area contributed by atoms with Crippen LogP contribution in [-0.4, -0.2) is 30.1 Å². The Morgan fingerprint density at radius 3 is 2.56 bits per heavy atom. The minimum atomic E-state index is -0.499. The first-order valence-corrected chi connectivity index (χ1v) is 6.30. The van der Waals surface area contributed by atoms with Crippen molar-refractivity contribution < 1.29 is 14.3 Å². The molecule has 1 aromatic carbocycles. The molecule has 2 amide bonds. The summed E-state index contributed by atoms with van der Waals surface area (Å²) in [5.74, 6) is 0.0938. The molecule has 2 aliphatic rings. The van der Waals surface area contributed by atoms with Gasteiger partial charge in [-0.05, 0) is 24.3 Å². The predicted molar refractivity (Wildman–Crippen MR) is 65.0 cm³/mol. The Morgan fingerprint density at radius 2 is 2.00 bits per heavy atom. The molecule has 4 nitrogen and oxygen atoms in total. The van der Waals surface area contributed by atoms with Crippen LogP contribution in [0.5, 0.6) is 0 Å². The first-order chi connectivity index (χ1) is 8.77. The molecule has 4 heteroatoms. The number of hydrogen-bond donors (Lipinski definition) is 0. The van der Waals surface area contributed by atoms with Crippen LogP contribution in [-0.2, 0) is 9.53 Å². The second-order valence-corrected chi connectivity index (χ2v) is 4.83. The summed E-state index contributed by atoms with van der Waals surface area (Å²) in [7, 11) is 0. The third kappa shape index (κ3) is 1.98. The van der Waals surface area contributed by atoms with Gasteiger partial charge in [0, 0.05) is 0 Å². The number of amides is 2. The molecular weight excluding hydrogens is 230 g/mol. The summed E-state index contributed by atoms with van der Waals surface area (Å²) in [4.78, 5) is 25.2. The summed E-state index contributed by atoms with van der Waals surface area (Å²) in [6.07, 6.45) is 1.63. The Labute approximate surface area is 106 Å².